The predicted molar refractivity (Wildman–Crippen MR) is 110 cm³/mol. The molecule has 0 aliphatic rings. The minimum absolute atomic E-state index is 0.0464. The van der Waals surface area contributed by atoms with E-state index < -0.39 is 0 Å². The highest BCUT2D eigenvalue weighted by Crippen LogP contribution is 2.21. The average Bonchev–Trinajstić information content (AvgIpc) is 2.61. The van der Waals surface area contributed by atoms with E-state index in [0.717, 1.165) is 26.9 Å². The molecule has 6 heteroatoms. The van der Waals surface area contributed by atoms with Crippen molar-refractivity contribution in [3.8, 4) is 0 Å². The number of amides is 2. The van der Waals surface area contributed by atoms with Gasteiger partial charge in [-0.15, -0.1) is 0 Å². The Morgan fingerprint density at radius 3 is 2.07 bits per heavy atom. The number of carbonyl (C=O) groups is 3. The van der Waals surface area contributed by atoms with Crippen LogP contribution in [0, 0.1) is 20.8 Å². The summed E-state index contributed by atoms with van der Waals surface area (Å²) in [5.41, 5.74) is 4.42. The van der Waals surface area contributed by atoms with E-state index in [4.69, 9.17) is 0 Å². The third-order valence-electron chi connectivity index (χ3n) is 4.13. The molecular weight excluding hydrogens is 408 g/mol. The van der Waals surface area contributed by atoms with Crippen molar-refractivity contribution in [2.45, 2.75) is 33.6 Å². The fourth-order valence-electron chi connectivity index (χ4n) is 2.84. The van der Waals surface area contributed by atoms with Crippen molar-refractivity contribution in [2.75, 3.05) is 11.9 Å². The fourth-order valence-corrected chi connectivity index (χ4v) is 3.10. The lowest BCUT2D eigenvalue weighted by Gasteiger charge is -2.13. The van der Waals surface area contributed by atoms with E-state index >= 15 is 0 Å². The zero-order valence-corrected chi connectivity index (χ0v) is 17.3. The highest BCUT2D eigenvalue weighted by atomic mass is 79.9. The number of aryl methyl sites for hydroxylation is 3. The molecule has 0 atom stereocenters. The largest absolute Gasteiger partial charge is 0.347 e. The molecule has 0 spiro atoms. The van der Waals surface area contributed by atoms with Crippen LogP contribution in [0.5, 0.6) is 0 Å². The first-order valence-corrected chi connectivity index (χ1v) is 9.48. The normalized spacial score (nSPS) is 10.4. The highest BCUT2D eigenvalue weighted by Gasteiger charge is 2.12. The van der Waals surface area contributed by atoms with Gasteiger partial charge < -0.3 is 10.6 Å². The van der Waals surface area contributed by atoms with Crippen molar-refractivity contribution < 1.29 is 14.4 Å². The van der Waals surface area contributed by atoms with Gasteiger partial charge in [0.05, 0.1) is 6.54 Å². The first-order valence-electron chi connectivity index (χ1n) is 8.69. The van der Waals surface area contributed by atoms with Gasteiger partial charge >= 0.3 is 0 Å². The first kappa shape index (κ1) is 20.8. The second-order valence-corrected chi connectivity index (χ2v) is 7.44. The molecule has 2 amide bonds. The third kappa shape index (κ3) is 6.32. The Kier molecular flexibility index (Phi) is 7.30. The van der Waals surface area contributed by atoms with E-state index in [-0.39, 0.29) is 37.0 Å². The van der Waals surface area contributed by atoms with Crippen molar-refractivity contribution in [1.82, 2.24) is 5.32 Å². The summed E-state index contributed by atoms with van der Waals surface area (Å²) in [5, 5.41) is 5.39. The number of anilines is 1. The van der Waals surface area contributed by atoms with Crippen LogP contribution in [0.3, 0.4) is 0 Å². The van der Waals surface area contributed by atoms with Gasteiger partial charge in [0, 0.05) is 28.6 Å². The summed E-state index contributed by atoms with van der Waals surface area (Å²) in [5.74, 6) is -0.724. The zero-order valence-electron chi connectivity index (χ0n) is 15.7. The Morgan fingerprint density at radius 1 is 0.889 bits per heavy atom. The van der Waals surface area contributed by atoms with E-state index in [9.17, 15) is 14.4 Å². The smallest absolute Gasteiger partial charge is 0.243 e. The van der Waals surface area contributed by atoms with Gasteiger partial charge in [0.1, 0.15) is 0 Å². The van der Waals surface area contributed by atoms with E-state index in [1.807, 2.05) is 32.9 Å². The van der Waals surface area contributed by atoms with Gasteiger partial charge in [0.25, 0.3) is 0 Å². The maximum absolute atomic E-state index is 12.1. The summed E-state index contributed by atoms with van der Waals surface area (Å²) in [6.07, 6.45) is 0.149. The summed E-state index contributed by atoms with van der Waals surface area (Å²) >= 11 is 3.31. The Morgan fingerprint density at radius 2 is 1.48 bits per heavy atom. The van der Waals surface area contributed by atoms with Crippen LogP contribution in [0.25, 0.3) is 0 Å². The molecule has 5 nitrogen and oxygen atoms in total. The monoisotopic (exact) mass is 430 g/mol. The molecule has 0 heterocycles. The Hall–Kier alpha value is -2.47. The molecule has 0 saturated carbocycles. The molecule has 142 valence electrons. The number of rotatable bonds is 7. The van der Waals surface area contributed by atoms with Crippen LogP contribution in [-0.4, -0.2) is 24.1 Å². The lowest BCUT2D eigenvalue weighted by Crippen LogP contribution is -2.33. The van der Waals surface area contributed by atoms with Crippen LogP contribution in [0.15, 0.2) is 40.9 Å². The molecule has 2 aromatic rings. The standard InChI is InChI=1S/C21H23BrN2O3/c1-13-10-14(2)21(15(3)11-13)24-20(27)12-23-19(26)9-8-18(25)16-4-6-17(22)7-5-16/h4-7,10-11H,8-9,12H2,1-3H3,(H,23,26)(H,24,27). The number of nitrogens with one attached hydrogen (secondary N) is 2. The molecule has 0 saturated heterocycles. The first-order chi connectivity index (χ1) is 12.8. The van der Waals surface area contributed by atoms with Gasteiger partial charge in [-0.25, -0.2) is 0 Å². The summed E-state index contributed by atoms with van der Waals surface area (Å²) in [6, 6.07) is 11.0. The average molecular weight is 431 g/mol. The van der Waals surface area contributed by atoms with Crippen LogP contribution in [0.4, 0.5) is 5.69 Å². The maximum Gasteiger partial charge on any atom is 0.243 e. The lowest BCUT2D eigenvalue weighted by molar-refractivity contribution is -0.124. The van der Waals surface area contributed by atoms with Crippen LogP contribution in [-0.2, 0) is 9.59 Å². The van der Waals surface area contributed by atoms with Gasteiger partial charge in [-0.2, -0.15) is 0 Å². The van der Waals surface area contributed by atoms with E-state index in [1.165, 1.54) is 0 Å². The topological polar surface area (TPSA) is 75.3 Å². The van der Waals surface area contributed by atoms with Gasteiger partial charge in [-0.05, 0) is 44.0 Å². The van der Waals surface area contributed by atoms with Crippen molar-refractivity contribution in [1.29, 1.82) is 0 Å². The maximum atomic E-state index is 12.1. The van der Waals surface area contributed by atoms with Crippen LogP contribution in [0.1, 0.15) is 39.9 Å². The predicted octanol–water partition coefficient (Wildman–Crippen LogP) is 4.09. The van der Waals surface area contributed by atoms with Gasteiger partial charge in [0.15, 0.2) is 5.78 Å². The van der Waals surface area contributed by atoms with E-state index in [1.54, 1.807) is 24.3 Å². The highest BCUT2D eigenvalue weighted by molar-refractivity contribution is 9.10. The quantitative estimate of drug-likeness (QED) is 0.649. The van der Waals surface area contributed by atoms with Crippen molar-refractivity contribution in [3.63, 3.8) is 0 Å². The van der Waals surface area contributed by atoms with Crippen molar-refractivity contribution in [2.24, 2.45) is 0 Å². The molecule has 0 radical (unpaired) electrons. The van der Waals surface area contributed by atoms with Crippen LogP contribution < -0.4 is 10.6 Å². The van der Waals surface area contributed by atoms with E-state index in [2.05, 4.69) is 26.6 Å². The van der Waals surface area contributed by atoms with Gasteiger partial charge in [-0.3, -0.25) is 14.4 Å². The summed E-state index contributed by atoms with van der Waals surface area (Å²) in [6.45, 7) is 5.74. The lowest BCUT2D eigenvalue weighted by atomic mass is 10.1. The number of carbonyl (C=O) groups excluding carboxylic acids is 3. The van der Waals surface area contributed by atoms with Crippen LogP contribution >= 0.6 is 15.9 Å². The molecule has 2 N–H and O–H groups in total. The second-order valence-electron chi connectivity index (χ2n) is 6.53. The molecule has 0 aromatic heterocycles. The number of Topliss-reactive ketones (excluding diaryl/α,β-unsaturated/α-hetero) is 1. The minimum Gasteiger partial charge on any atom is -0.347 e. The molecule has 2 aromatic carbocycles. The van der Waals surface area contributed by atoms with Gasteiger partial charge in [0.2, 0.25) is 11.8 Å². The molecule has 0 aliphatic carbocycles. The molecule has 0 fully saturated rings. The Bertz CT molecular complexity index is 837. The summed E-state index contributed by atoms with van der Waals surface area (Å²) in [4.78, 5) is 36.1. The minimum atomic E-state index is -0.326. The molecular formula is C21H23BrN2O3. The molecule has 2 rings (SSSR count). The third-order valence-corrected chi connectivity index (χ3v) is 4.66. The Balaban J connectivity index is 1.79. The van der Waals surface area contributed by atoms with Crippen molar-refractivity contribution in [3.05, 3.63) is 63.1 Å². The molecule has 0 aliphatic heterocycles. The number of hydrogen-bond donors (Lipinski definition) is 2. The molecule has 0 bridgehead atoms. The summed E-state index contributed by atoms with van der Waals surface area (Å²) < 4.78 is 0.891. The zero-order chi connectivity index (χ0) is 20.0. The Labute approximate surface area is 167 Å². The van der Waals surface area contributed by atoms with Crippen molar-refractivity contribution >= 4 is 39.2 Å². The summed E-state index contributed by atoms with van der Waals surface area (Å²) in [7, 11) is 0. The molecule has 0 unspecified atom stereocenters. The molecule has 27 heavy (non-hydrogen) atoms. The number of benzene rings is 2. The number of halogens is 1. The SMILES string of the molecule is Cc1cc(C)c(NC(=O)CNC(=O)CCC(=O)c2ccc(Br)cc2)c(C)c1. The van der Waals surface area contributed by atoms with E-state index in [0.29, 0.717) is 5.56 Å². The number of hydrogen-bond acceptors (Lipinski definition) is 3. The second kappa shape index (κ2) is 9.46. The number of ketones is 1. The van der Waals surface area contributed by atoms with Crippen LogP contribution in [0.2, 0.25) is 0 Å². The van der Waals surface area contributed by atoms with Gasteiger partial charge in [-0.1, -0.05) is 45.8 Å². The fraction of sp³-hybridized carbons (Fsp3) is 0.286.